The van der Waals surface area contributed by atoms with E-state index in [2.05, 4.69) is 55.3 Å². The molecule has 0 radical (unpaired) electrons. The molecule has 2 saturated heterocycles. The van der Waals surface area contributed by atoms with E-state index in [0.29, 0.717) is 5.96 Å². The largest absolute Gasteiger partial charge is 0.379 e. The highest BCUT2D eigenvalue weighted by Gasteiger charge is 2.16. The molecule has 0 aliphatic carbocycles. The van der Waals surface area contributed by atoms with Gasteiger partial charge in [0.05, 0.1) is 13.2 Å². The summed E-state index contributed by atoms with van der Waals surface area (Å²) in [7, 11) is 0. The van der Waals surface area contributed by atoms with Crippen LogP contribution in [0.4, 0.5) is 0 Å². The second kappa shape index (κ2) is 12.8. The fraction of sp³-hybridized carbons (Fsp3) is 0.682. The van der Waals surface area contributed by atoms with Crippen molar-refractivity contribution >= 4 is 5.96 Å². The molecule has 1 aromatic carbocycles. The second-order valence-electron chi connectivity index (χ2n) is 7.96. The smallest absolute Gasteiger partial charge is 0.188 e. The van der Waals surface area contributed by atoms with Gasteiger partial charge in [0.25, 0.3) is 0 Å². The minimum Gasteiger partial charge on any atom is -0.379 e. The summed E-state index contributed by atoms with van der Waals surface area (Å²) in [5, 5.41) is 3.24. The highest BCUT2D eigenvalue weighted by molar-refractivity contribution is 5.77. The Morgan fingerprint density at radius 1 is 0.897 bits per heavy atom. The van der Waals surface area contributed by atoms with Crippen molar-refractivity contribution in [2.45, 2.75) is 19.4 Å². The van der Waals surface area contributed by atoms with Gasteiger partial charge in [0, 0.05) is 65.4 Å². The Balaban J connectivity index is 1.19. The number of aliphatic imine (C=N–C) groups is 1. The highest BCUT2D eigenvalue weighted by Crippen LogP contribution is 2.08. The average Bonchev–Trinajstić information content (AvgIpc) is 2.77. The number of nitrogens with two attached hydrogens (primary N) is 1. The van der Waals surface area contributed by atoms with E-state index in [9.17, 15) is 0 Å². The first-order valence-electron chi connectivity index (χ1n) is 11.1. The summed E-state index contributed by atoms with van der Waals surface area (Å²) in [6.45, 7) is 13.3. The van der Waals surface area contributed by atoms with E-state index in [4.69, 9.17) is 10.5 Å². The molecule has 7 nitrogen and oxygen atoms in total. The van der Waals surface area contributed by atoms with Crippen LogP contribution in [0.3, 0.4) is 0 Å². The number of nitrogens with one attached hydrogen (secondary N) is 1. The SMILES string of the molecule is NC(=NCCCN1CCN(Cc2ccccc2)CC1)NCCCN1CCOCC1. The molecule has 2 heterocycles. The number of hydrogen-bond acceptors (Lipinski definition) is 5. The van der Waals surface area contributed by atoms with E-state index in [1.54, 1.807) is 0 Å². The number of morpholine rings is 1. The van der Waals surface area contributed by atoms with Crippen LogP contribution in [0.1, 0.15) is 18.4 Å². The van der Waals surface area contributed by atoms with Gasteiger partial charge in [0.15, 0.2) is 5.96 Å². The van der Waals surface area contributed by atoms with Crippen molar-refractivity contribution in [1.82, 2.24) is 20.0 Å². The molecule has 3 rings (SSSR count). The first-order valence-corrected chi connectivity index (χ1v) is 11.1. The van der Waals surface area contributed by atoms with Gasteiger partial charge >= 0.3 is 0 Å². The summed E-state index contributed by atoms with van der Waals surface area (Å²) in [5.74, 6) is 0.583. The monoisotopic (exact) mass is 402 g/mol. The van der Waals surface area contributed by atoms with Crippen molar-refractivity contribution < 1.29 is 4.74 Å². The predicted molar refractivity (Wildman–Crippen MR) is 119 cm³/mol. The first kappa shape index (κ1) is 22.0. The molecule has 2 aliphatic heterocycles. The van der Waals surface area contributed by atoms with Gasteiger partial charge in [-0.25, -0.2) is 0 Å². The van der Waals surface area contributed by atoms with E-state index >= 15 is 0 Å². The maximum Gasteiger partial charge on any atom is 0.188 e. The van der Waals surface area contributed by atoms with Crippen LogP contribution in [0.2, 0.25) is 0 Å². The van der Waals surface area contributed by atoms with Crippen LogP contribution in [0.5, 0.6) is 0 Å². The molecule has 29 heavy (non-hydrogen) atoms. The molecular weight excluding hydrogens is 364 g/mol. The standard InChI is InChI=1S/C22H38N6O/c23-22(25-9-5-11-27-16-18-29-19-17-27)24-8-4-10-26-12-14-28(15-13-26)20-21-6-2-1-3-7-21/h1-3,6-7H,4-5,8-20H2,(H3,23,24,25). The normalized spacial score (nSPS) is 20.1. The van der Waals surface area contributed by atoms with Crippen molar-refractivity contribution in [3.63, 3.8) is 0 Å². The molecule has 0 spiro atoms. The number of rotatable bonds is 10. The average molecular weight is 403 g/mol. The van der Waals surface area contributed by atoms with Gasteiger partial charge in [0.2, 0.25) is 0 Å². The minimum atomic E-state index is 0.583. The molecule has 1 aromatic rings. The summed E-state index contributed by atoms with van der Waals surface area (Å²) in [4.78, 5) is 12.0. The van der Waals surface area contributed by atoms with Crippen LogP contribution < -0.4 is 11.1 Å². The van der Waals surface area contributed by atoms with E-state index in [1.807, 2.05) is 0 Å². The summed E-state index contributed by atoms with van der Waals surface area (Å²) in [6, 6.07) is 10.8. The van der Waals surface area contributed by atoms with Crippen molar-refractivity contribution in [2.75, 3.05) is 78.7 Å². The first-order chi connectivity index (χ1) is 14.3. The zero-order chi connectivity index (χ0) is 20.2. The molecule has 0 atom stereocenters. The quantitative estimate of drug-likeness (QED) is 0.343. The molecule has 0 saturated carbocycles. The minimum absolute atomic E-state index is 0.583. The summed E-state index contributed by atoms with van der Waals surface area (Å²) >= 11 is 0. The topological polar surface area (TPSA) is 69.4 Å². The van der Waals surface area contributed by atoms with Crippen molar-refractivity contribution in [3.8, 4) is 0 Å². The van der Waals surface area contributed by atoms with Gasteiger partial charge in [-0.1, -0.05) is 30.3 Å². The molecule has 0 unspecified atom stereocenters. The number of ether oxygens (including phenoxy) is 1. The number of guanidine groups is 1. The van der Waals surface area contributed by atoms with E-state index < -0.39 is 0 Å². The fourth-order valence-electron chi connectivity index (χ4n) is 3.91. The predicted octanol–water partition coefficient (Wildman–Crippen LogP) is 0.821. The Labute approximate surface area is 175 Å². The van der Waals surface area contributed by atoms with Gasteiger partial charge in [-0.15, -0.1) is 0 Å². The lowest BCUT2D eigenvalue weighted by Gasteiger charge is -2.34. The maximum atomic E-state index is 5.99. The van der Waals surface area contributed by atoms with Crippen molar-refractivity contribution in [1.29, 1.82) is 0 Å². The third kappa shape index (κ3) is 8.70. The molecule has 3 N–H and O–H groups in total. The highest BCUT2D eigenvalue weighted by atomic mass is 16.5. The second-order valence-corrected chi connectivity index (χ2v) is 7.96. The third-order valence-electron chi connectivity index (χ3n) is 5.69. The van der Waals surface area contributed by atoms with Crippen LogP contribution >= 0.6 is 0 Å². The summed E-state index contributed by atoms with van der Waals surface area (Å²) in [6.07, 6.45) is 2.15. The Kier molecular flexibility index (Phi) is 9.72. The number of benzene rings is 1. The molecule has 0 amide bonds. The van der Waals surface area contributed by atoms with Gasteiger partial charge in [-0.3, -0.25) is 14.8 Å². The Morgan fingerprint density at radius 2 is 1.55 bits per heavy atom. The lowest BCUT2D eigenvalue weighted by atomic mass is 10.2. The number of hydrogen-bond donors (Lipinski definition) is 2. The molecule has 162 valence electrons. The molecule has 0 bridgehead atoms. The Bertz CT molecular complexity index is 582. The Morgan fingerprint density at radius 3 is 2.31 bits per heavy atom. The molecule has 0 aromatic heterocycles. The maximum absolute atomic E-state index is 5.99. The zero-order valence-electron chi connectivity index (χ0n) is 17.8. The van der Waals surface area contributed by atoms with Crippen LogP contribution in [-0.2, 0) is 11.3 Å². The van der Waals surface area contributed by atoms with E-state index in [1.165, 1.54) is 5.56 Å². The van der Waals surface area contributed by atoms with Crippen LogP contribution in [0, 0.1) is 0 Å². The van der Waals surface area contributed by atoms with E-state index in [-0.39, 0.29) is 0 Å². The lowest BCUT2D eigenvalue weighted by molar-refractivity contribution is 0.0376. The van der Waals surface area contributed by atoms with Gasteiger partial charge in [-0.2, -0.15) is 0 Å². The fourth-order valence-corrected chi connectivity index (χ4v) is 3.91. The number of piperazine rings is 1. The lowest BCUT2D eigenvalue weighted by Crippen LogP contribution is -2.46. The van der Waals surface area contributed by atoms with Crippen LogP contribution in [0.15, 0.2) is 35.3 Å². The number of nitrogens with zero attached hydrogens (tertiary/aromatic N) is 4. The van der Waals surface area contributed by atoms with Gasteiger partial charge in [0.1, 0.15) is 0 Å². The summed E-state index contributed by atoms with van der Waals surface area (Å²) < 4.78 is 5.37. The van der Waals surface area contributed by atoms with Gasteiger partial charge in [-0.05, 0) is 24.9 Å². The summed E-state index contributed by atoms with van der Waals surface area (Å²) in [5.41, 5.74) is 7.39. The molecular formula is C22H38N6O. The van der Waals surface area contributed by atoms with E-state index in [0.717, 1.165) is 98.0 Å². The Hall–Kier alpha value is -1.67. The van der Waals surface area contributed by atoms with Crippen molar-refractivity contribution in [3.05, 3.63) is 35.9 Å². The molecule has 2 aliphatic rings. The molecule has 2 fully saturated rings. The molecule has 7 heteroatoms. The van der Waals surface area contributed by atoms with Gasteiger partial charge < -0.3 is 20.7 Å². The van der Waals surface area contributed by atoms with Crippen molar-refractivity contribution in [2.24, 2.45) is 10.7 Å². The third-order valence-corrected chi connectivity index (χ3v) is 5.69. The zero-order valence-corrected chi connectivity index (χ0v) is 17.8. The van der Waals surface area contributed by atoms with Crippen LogP contribution in [0.25, 0.3) is 0 Å². The van der Waals surface area contributed by atoms with Crippen LogP contribution in [-0.4, -0.2) is 99.3 Å².